The van der Waals surface area contributed by atoms with Crippen molar-refractivity contribution in [2.45, 2.75) is 0 Å². The number of anilines is 1. The van der Waals surface area contributed by atoms with Crippen LogP contribution in [0.4, 0.5) is 5.82 Å². The van der Waals surface area contributed by atoms with Crippen LogP contribution in [0, 0.1) is 0 Å². The topological polar surface area (TPSA) is 43.4 Å². The Balaban J connectivity index is 2.70. The number of hydrogen-bond donors (Lipinski definition) is 1. The highest BCUT2D eigenvalue weighted by Crippen LogP contribution is 2.44. The molecule has 2 aromatic rings. The van der Waals surface area contributed by atoms with Crippen LogP contribution < -0.4 is 14.8 Å². The second kappa shape index (κ2) is 6.73. The number of ether oxygens (including phenoxy) is 2. The Bertz CT molecular complexity index is 681. The molecule has 2 rings (SSSR count). The number of halogens is 3. The first-order chi connectivity index (χ1) is 10.0. The smallest absolute Gasteiger partial charge is 0.146 e. The van der Waals surface area contributed by atoms with E-state index in [9.17, 15) is 0 Å². The highest BCUT2D eigenvalue weighted by molar-refractivity contribution is 9.10. The molecule has 0 radical (unpaired) electrons. The van der Waals surface area contributed by atoms with Crippen LogP contribution >= 0.6 is 39.1 Å². The summed E-state index contributed by atoms with van der Waals surface area (Å²) in [6.07, 6.45) is 0. The second-order valence-electron chi connectivity index (χ2n) is 4.06. The molecule has 0 saturated carbocycles. The molecule has 0 spiro atoms. The summed E-state index contributed by atoms with van der Waals surface area (Å²) in [5.74, 6) is 1.80. The van der Waals surface area contributed by atoms with E-state index in [-0.39, 0.29) is 0 Å². The van der Waals surface area contributed by atoms with Gasteiger partial charge in [-0.2, -0.15) is 0 Å². The van der Waals surface area contributed by atoms with E-state index in [0.717, 1.165) is 5.56 Å². The van der Waals surface area contributed by atoms with Crippen molar-refractivity contribution in [1.82, 2.24) is 4.98 Å². The summed E-state index contributed by atoms with van der Waals surface area (Å²) in [6, 6.07) is 5.30. The van der Waals surface area contributed by atoms with Gasteiger partial charge in [-0.15, -0.1) is 0 Å². The van der Waals surface area contributed by atoms with Gasteiger partial charge in [0, 0.05) is 12.6 Å². The highest BCUT2D eigenvalue weighted by Gasteiger charge is 2.18. The van der Waals surface area contributed by atoms with E-state index < -0.39 is 0 Å². The van der Waals surface area contributed by atoms with E-state index in [1.54, 1.807) is 27.3 Å². The molecule has 0 aliphatic heterocycles. The zero-order valence-electron chi connectivity index (χ0n) is 11.6. The number of benzene rings is 1. The minimum atomic E-state index is 0.439. The Kier molecular flexibility index (Phi) is 5.19. The molecule has 0 fully saturated rings. The van der Waals surface area contributed by atoms with Crippen LogP contribution in [0.5, 0.6) is 11.5 Å². The first-order valence-corrected chi connectivity index (χ1v) is 7.53. The summed E-state index contributed by atoms with van der Waals surface area (Å²) >= 11 is 15.8. The molecule has 0 saturated heterocycles. The van der Waals surface area contributed by atoms with Crippen LogP contribution in [0.1, 0.15) is 0 Å². The quantitative estimate of drug-likeness (QED) is 0.806. The van der Waals surface area contributed by atoms with E-state index in [0.29, 0.717) is 37.5 Å². The lowest BCUT2D eigenvalue weighted by Gasteiger charge is -2.15. The zero-order valence-corrected chi connectivity index (χ0v) is 14.7. The van der Waals surface area contributed by atoms with Crippen molar-refractivity contribution >= 4 is 44.9 Å². The molecule has 7 heteroatoms. The van der Waals surface area contributed by atoms with Crippen molar-refractivity contribution in [3.8, 4) is 22.8 Å². The van der Waals surface area contributed by atoms with E-state index in [2.05, 4.69) is 26.2 Å². The molecule has 112 valence electrons. The third kappa shape index (κ3) is 3.05. The molecule has 0 atom stereocenters. The van der Waals surface area contributed by atoms with Gasteiger partial charge in [-0.05, 0) is 34.1 Å². The van der Waals surface area contributed by atoms with Crippen LogP contribution in [0.2, 0.25) is 10.0 Å². The maximum absolute atomic E-state index is 6.27. The lowest BCUT2D eigenvalue weighted by atomic mass is 10.1. The summed E-state index contributed by atoms with van der Waals surface area (Å²) < 4.78 is 11.4. The number of hydrogen-bond acceptors (Lipinski definition) is 4. The van der Waals surface area contributed by atoms with Gasteiger partial charge in [-0.1, -0.05) is 23.2 Å². The minimum Gasteiger partial charge on any atom is -0.495 e. The standard InChI is InChI=1S/C14H13BrCl2N2O2/c1-18-14-9(17)6-8(16)12(19-14)7-4-5-10(20-2)11(15)13(7)21-3/h4-6H,1-3H3,(H,18,19). The Morgan fingerprint density at radius 1 is 1.14 bits per heavy atom. The van der Waals surface area contributed by atoms with Crippen molar-refractivity contribution in [1.29, 1.82) is 0 Å². The molecule has 0 aliphatic carbocycles. The third-order valence-electron chi connectivity index (χ3n) is 2.91. The monoisotopic (exact) mass is 390 g/mol. The predicted octanol–water partition coefficient (Wildman–Crippen LogP) is 4.88. The molecule has 4 nitrogen and oxygen atoms in total. The fourth-order valence-electron chi connectivity index (χ4n) is 1.91. The van der Waals surface area contributed by atoms with Crippen molar-refractivity contribution in [2.24, 2.45) is 0 Å². The normalized spacial score (nSPS) is 10.4. The van der Waals surface area contributed by atoms with Crippen LogP contribution in [-0.4, -0.2) is 26.3 Å². The fraction of sp³-hybridized carbons (Fsp3) is 0.214. The number of pyridine rings is 1. The first kappa shape index (κ1) is 16.2. The summed E-state index contributed by atoms with van der Waals surface area (Å²) in [4.78, 5) is 4.45. The Labute approximate surface area is 141 Å². The minimum absolute atomic E-state index is 0.439. The van der Waals surface area contributed by atoms with Crippen LogP contribution in [-0.2, 0) is 0 Å². The van der Waals surface area contributed by atoms with E-state index in [1.165, 1.54) is 0 Å². The second-order valence-corrected chi connectivity index (χ2v) is 5.67. The van der Waals surface area contributed by atoms with Gasteiger partial charge in [0.1, 0.15) is 21.8 Å². The summed E-state index contributed by atoms with van der Waals surface area (Å²) in [5.41, 5.74) is 1.31. The van der Waals surface area contributed by atoms with E-state index in [1.807, 2.05) is 12.1 Å². The Morgan fingerprint density at radius 3 is 2.43 bits per heavy atom. The van der Waals surface area contributed by atoms with Crippen molar-refractivity contribution in [2.75, 3.05) is 26.6 Å². The number of methoxy groups -OCH3 is 2. The average Bonchev–Trinajstić information content (AvgIpc) is 2.47. The van der Waals surface area contributed by atoms with Gasteiger partial charge in [-0.3, -0.25) is 0 Å². The van der Waals surface area contributed by atoms with Crippen molar-refractivity contribution in [3.63, 3.8) is 0 Å². The summed E-state index contributed by atoms with van der Waals surface area (Å²) in [5, 5.41) is 3.82. The Hall–Kier alpha value is -1.17. The molecule has 0 amide bonds. The molecule has 21 heavy (non-hydrogen) atoms. The molecule has 1 aromatic carbocycles. The molecule has 1 aromatic heterocycles. The van der Waals surface area contributed by atoms with Gasteiger partial charge in [0.05, 0.1) is 30.0 Å². The van der Waals surface area contributed by atoms with Crippen molar-refractivity contribution in [3.05, 3.63) is 32.7 Å². The number of aromatic nitrogens is 1. The van der Waals surface area contributed by atoms with Crippen LogP contribution in [0.3, 0.4) is 0 Å². The van der Waals surface area contributed by atoms with Crippen molar-refractivity contribution < 1.29 is 9.47 Å². The van der Waals surface area contributed by atoms with E-state index in [4.69, 9.17) is 32.7 Å². The Morgan fingerprint density at radius 2 is 1.86 bits per heavy atom. The molecule has 1 heterocycles. The maximum atomic E-state index is 6.27. The molecule has 0 bridgehead atoms. The SMILES string of the molecule is CNc1nc(-c2ccc(OC)c(Br)c2OC)c(Cl)cc1Cl. The van der Waals surface area contributed by atoms with Gasteiger partial charge in [0.25, 0.3) is 0 Å². The highest BCUT2D eigenvalue weighted by atomic mass is 79.9. The largest absolute Gasteiger partial charge is 0.495 e. The lowest BCUT2D eigenvalue weighted by molar-refractivity contribution is 0.390. The van der Waals surface area contributed by atoms with Gasteiger partial charge in [0.2, 0.25) is 0 Å². The lowest BCUT2D eigenvalue weighted by Crippen LogP contribution is -1.98. The third-order valence-corrected chi connectivity index (χ3v) is 4.23. The molecular weight excluding hydrogens is 379 g/mol. The average molecular weight is 392 g/mol. The van der Waals surface area contributed by atoms with Gasteiger partial charge in [0.15, 0.2) is 0 Å². The summed E-state index contributed by atoms with van der Waals surface area (Å²) in [6.45, 7) is 0. The molecule has 0 unspecified atom stereocenters. The molecule has 0 aliphatic rings. The fourth-order valence-corrected chi connectivity index (χ4v) is 3.14. The van der Waals surface area contributed by atoms with Crippen LogP contribution in [0.25, 0.3) is 11.3 Å². The first-order valence-electron chi connectivity index (χ1n) is 5.98. The summed E-state index contributed by atoms with van der Waals surface area (Å²) in [7, 11) is 4.91. The number of nitrogens with one attached hydrogen (secondary N) is 1. The van der Waals surface area contributed by atoms with Gasteiger partial charge >= 0.3 is 0 Å². The maximum Gasteiger partial charge on any atom is 0.146 e. The van der Waals surface area contributed by atoms with Gasteiger partial charge in [-0.25, -0.2) is 4.98 Å². The number of nitrogens with zero attached hydrogens (tertiary/aromatic N) is 1. The molecular formula is C14H13BrCl2N2O2. The van der Waals surface area contributed by atoms with Crippen LogP contribution in [0.15, 0.2) is 22.7 Å². The zero-order chi connectivity index (χ0) is 15.6. The molecule has 1 N–H and O–H groups in total. The van der Waals surface area contributed by atoms with E-state index >= 15 is 0 Å². The number of rotatable bonds is 4. The predicted molar refractivity (Wildman–Crippen MR) is 90.0 cm³/mol. The van der Waals surface area contributed by atoms with Gasteiger partial charge < -0.3 is 14.8 Å².